The van der Waals surface area contributed by atoms with Gasteiger partial charge in [0, 0.05) is 27.6 Å². The van der Waals surface area contributed by atoms with Crippen LogP contribution in [0.1, 0.15) is 19.3 Å². The molecule has 1 N–H and O–H groups in total. The molecule has 26 heavy (non-hydrogen) atoms. The summed E-state index contributed by atoms with van der Waals surface area (Å²) in [5.74, 6) is 0.639. The number of amides is 2. The van der Waals surface area contributed by atoms with Crippen LogP contribution in [0.3, 0.4) is 0 Å². The summed E-state index contributed by atoms with van der Waals surface area (Å²) in [6, 6.07) is 8.10. The SMILES string of the molecule is O=C(CSCC(=O)N1CCCCC1)Nc1nc(-c2ccc(I)cc2)cs1. The van der Waals surface area contributed by atoms with Crippen LogP contribution in [0, 0.1) is 3.57 Å². The van der Waals surface area contributed by atoms with Crippen LogP contribution in [-0.4, -0.2) is 46.3 Å². The lowest BCUT2D eigenvalue weighted by Crippen LogP contribution is -2.37. The van der Waals surface area contributed by atoms with Gasteiger partial charge < -0.3 is 10.2 Å². The van der Waals surface area contributed by atoms with Crippen LogP contribution in [0.4, 0.5) is 5.13 Å². The van der Waals surface area contributed by atoms with Crippen molar-refractivity contribution in [3.8, 4) is 11.3 Å². The van der Waals surface area contributed by atoms with Gasteiger partial charge in [0.25, 0.3) is 0 Å². The number of anilines is 1. The van der Waals surface area contributed by atoms with Gasteiger partial charge in [0.2, 0.25) is 11.8 Å². The molecule has 1 aliphatic rings. The highest BCUT2D eigenvalue weighted by Crippen LogP contribution is 2.25. The van der Waals surface area contributed by atoms with Crippen LogP contribution in [0.25, 0.3) is 11.3 Å². The van der Waals surface area contributed by atoms with Crippen LogP contribution in [0.15, 0.2) is 29.6 Å². The third kappa shape index (κ3) is 5.68. The number of nitrogens with zero attached hydrogens (tertiary/aromatic N) is 2. The number of thioether (sulfide) groups is 1. The molecular formula is C18H20IN3O2S2. The maximum absolute atomic E-state index is 12.1. The topological polar surface area (TPSA) is 62.3 Å². The molecule has 1 aliphatic heterocycles. The molecule has 2 heterocycles. The summed E-state index contributed by atoms with van der Waals surface area (Å²) in [6.45, 7) is 1.71. The predicted molar refractivity (Wildman–Crippen MR) is 117 cm³/mol. The molecule has 0 atom stereocenters. The zero-order valence-corrected chi connectivity index (χ0v) is 18.0. The molecule has 8 heteroatoms. The minimum Gasteiger partial charge on any atom is -0.342 e. The number of hydrogen-bond acceptors (Lipinski definition) is 5. The average molecular weight is 501 g/mol. The van der Waals surface area contributed by atoms with E-state index in [-0.39, 0.29) is 17.6 Å². The van der Waals surface area contributed by atoms with Gasteiger partial charge in [-0.15, -0.1) is 23.1 Å². The standard InChI is InChI=1S/C18H20IN3O2S2/c19-14-6-4-13(5-7-14)15-10-26-18(20-15)21-16(23)11-25-12-17(24)22-8-2-1-3-9-22/h4-7,10H,1-3,8-9,11-12H2,(H,20,21,23). The zero-order valence-electron chi connectivity index (χ0n) is 14.2. The number of halogens is 1. The number of hydrogen-bond donors (Lipinski definition) is 1. The minimum absolute atomic E-state index is 0.120. The largest absolute Gasteiger partial charge is 0.342 e. The van der Waals surface area contributed by atoms with Crippen molar-refractivity contribution in [2.24, 2.45) is 0 Å². The first-order valence-corrected chi connectivity index (χ1v) is 11.6. The van der Waals surface area contributed by atoms with Crippen molar-refractivity contribution < 1.29 is 9.59 Å². The lowest BCUT2D eigenvalue weighted by molar-refractivity contribution is -0.129. The number of thiazole rings is 1. The van der Waals surface area contributed by atoms with Gasteiger partial charge in [-0.05, 0) is 54.0 Å². The third-order valence-electron chi connectivity index (χ3n) is 4.06. The molecule has 0 spiro atoms. The maximum atomic E-state index is 12.1. The highest BCUT2D eigenvalue weighted by atomic mass is 127. The Kier molecular flexibility index (Phi) is 7.32. The van der Waals surface area contributed by atoms with E-state index < -0.39 is 0 Å². The molecule has 0 bridgehead atoms. The molecule has 0 radical (unpaired) electrons. The number of carbonyl (C=O) groups is 2. The van der Waals surface area contributed by atoms with Gasteiger partial charge in [-0.3, -0.25) is 9.59 Å². The number of carbonyl (C=O) groups excluding carboxylic acids is 2. The summed E-state index contributed by atoms with van der Waals surface area (Å²) in [5, 5.41) is 5.34. The molecule has 1 aromatic heterocycles. The molecule has 138 valence electrons. The molecule has 2 aromatic rings. The normalized spacial score (nSPS) is 14.3. The summed E-state index contributed by atoms with van der Waals surface area (Å²) in [7, 11) is 0. The van der Waals surface area contributed by atoms with Crippen molar-refractivity contribution in [1.29, 1.82) is 0 Å². The Morgan fingerprint density at radius 2 is 1.88 bits per heavy atom. The first kappa shape index (κ1) is 19.6. The van der Waals surface area contributed by atoms with Crippen molar-refractivity contribution in [3.63, 3.8) is 0 Å². The minimum atomic E-state index is -0.120. The number of rotatable bonds is 6. The Bertz CT molecular complexity index is 758. The fourth-order valence-electron chi connectivity index (χ4n) is 2.71. The Morgan fingerprint density at radius 3 is 2.62 bits per heavy atom. The molecule has 1 fully saturated rings. The second kappa shape index (κ2) is 9.70. The molecule has 0 unspecified atom stereocenters. The second-order valence-electron chi connectivity index (χ2n) is 6.03. The summed E-state index contributed by atoms with van der Waals surface area (Å²) >= 11 is 5.03. The van der Waals surface area contributed by atoms with E-state index in [4.69, 9.17) is 0 Å². The van der Waals surface area contributed by atoms with E-state index in [1.807, 2.05) is 34.5 Å². The van der Waals surface area contributed by atoms with E-state index in [0.717, 1.165) is 37.2 Å². The molecule has 1 saturated heterocycles. The smallest absolute Gasteiger partial charge is 0.236 e. The Balaban J connectivity index is 1.43. The molecule has 0 aliphatic carbocycles. The Hall–Kier alpha value is -1.13. The van der Waals surface area contributed by atoms with Crippen molar-refractivity contribution in [2.45, 2.75) is 19.3 Å². The highest BCUT2D eigenvalue weighted by molar-refractivity contribution is 14.1. The van der Waals surface area contributed by atoms with E-state index in [0.29, 0.717) is 10.9 Å². The van der Waals surface area contributed by atoms with Crippen molar-refractivity contribution in [3.05, 3.63) is 33.2 Å². The van der Waals surface area contributed by atoms with Crippen molar-refractivity contribution >= 4 is 62.6 Å². The van der Waals surface area contributed by atoms with Gasteiger partial charge in [-0.1, -0.05) is 12.1 Å². The van der Waals surface area contributed by atoms with Gasteiger partial charge in [0.1, 0.15) is 0 Å². The fourth-order valence-corrected chi connectivity index (χ4v) is 4.52. The van der Waals surface area contributed by atoms with E-state index in [9.17, 15) is 9.59 Å². The second-order valence-corrected chi connectivity index (χ2v) is 9.12. The number of likely N-dealkylation sites (tertiary alicyclic amines) is 1. The average Bonchev–Trinajstić information content (AvgIpc) is 3.11. The van der Waals surface area contributed by atoms with Gasteiger partial charge >= 0.3 is 0 Å². The van der Waals surface area contributed by atoms with Crippen LogP contribution in [0.2, 0.25) is 0 Å². The first-order chi connectivity index (χ1) is 12.6. The molecule has 0 saturated carbocycles. The van der Waals surface area contributed by atoms with E-state index >= 15 is 0 Å². The quantitative estimate of drug-likeness (QED) is 0.606. The van der Waals surface area contributed by atoms with Gasteiger partial charge in [-0.2, -0.15) is 0 Å². The van der Waals surface area contributed by atoms with E-state index in [2.05, 4.69) is 32.9 Å². The summed E-state index contributed by atoms with van der Waals surface area (Å²) < 4.78 is 1.17. The molecule has 2 amide bonds. The molecular weight excluding hydrogens is 481 g/mol. The maximum Gasteiger partial charge on any atom is 0.236 e. The van der Waals surface area contributed by atoms with Gasteiger partial charge in [0.05, 0.1) is 17.2 Å². The number of aromatic nitrogens is 1. The number of nitrogens with one attached hydrogen (secondary N) is 1. The molecule has 3 rings (SSSR count). The Morgan fingerprint density at radius 1 is 1.15 bits per heavy atom. The van der Waals surface area contributed by atoms with E-state index in [1.54, 1.807) is 0 Å². The highest BCUT2D eigenvalue weighted by Gasteiger charge is 2.17. The summed E-state index contributed by atoms with van der Waals surface area (Å²) in [6.07, 6.45) is 3.38. The lowest BCUT2D eigenvalue weighted by Gasteiger charge is -2.26. The van der Waals surface area contributed by atoms with Gasteiger partial charge in [0.15, 0.2) is 5.13 Å². The molecule has 1 aromatic carbocycles. The van der Waals surface area contributed by atoms with Crippen LogP contribution in [0.5, 0.6) is 0 Å². The molecule has 5 nitrogen and oxygen atoms in total. The van der Waals surface area contributed by atoms with Crippen LogP contribution < -0.4 is 5.32 Å². The van der Waals surface area contributed by atoms with Crippen LogP contribution >= 0.6 is 45.7 Å². The first-order valence-electron chi connectivity index (χ1n) is 8.48. The summed E-state index contributed by atoms with van der Waals surface area (Å²) in [4.78, 5) is 30.5. The third-order valence-corrected chi connectivity index (χ3v) is 6.45. The lowest BCUT2D eigenvalue weighted by atomic mass is 10.1. The number of benzene rings is 1. The van der Waals surface area contributed by atoms with Crippen molar-refractivity contribution in [1.82, 2.24) is 9.88 Å². The Labute approximate surface area is 175 Å². The van der Waals surface area contributed by atoms with Crippen molar-refractivity contribution in [2.75, 3.05) is 29.9 Å². The summed E-state index contributed by atoms with van der Waals surface area (Å²) in [5.41, 5.74) is 1.89. The van der Waals surface area contributed by atoms with Crippen LogP contribution in [-0.2, 0) is 9.59 Å². The monoisotopic (exact) mass is 501 g/mol. The fraction of sp³-hybridized carbons (Fsp3) is 0.389. The van der Waals surface area contributed by atoms with Gasteiger partial charge in [-0.25, -0.2) is 4.98 Å². The predicted octanol–water partition coefficient (Wildman–Crippen LogP) is 4.10. The van der Waals surface area contributed by atoms with E-state index in [1.165, 1.54) is 33.1 Å². The number of piperidine rings is 1. The zero-order chi connectivity index (χ0) is 18.4.